The summed E-state index contributed by atoms with van der Waals surface area (Å²) in [5.41, 5.74) is 6.29. The molecule has 0 bridgehead atoms. The number of fused-ring (bicyclic) bond motifs is 1. The minimum absolute atomic E-state index is 0.00201. The number of likely N-dealkylation sites (N-methyl/N-ethyl adjacent to an activating group) is 1. The number of anilines is 1. The summed E-state index contributed by atoms with van der Waals surface area (Å²) in [5.74, 6) is -0.00201. The summed E-state index contributed by atoms with van der Waals surface area (Å²) < 4.78 is 33.4. The number of nitrogens with zero attached hydrogens (tertiary/aromatic N) is 3. The summed E-state index contributed by atoms with van der Waals surface area (Å²) in [5, 5.41) is -0.00912. The van der Waals surface area contributed by atoms with Gasteiger partial charge in [-0.3, -0.25) is 4.40 Å². The molecule has 0 aromatic carbocycles. The predicted molar refractivity (Wildman–Crippen MR) is 80.5 cm³/mol. The van der Waals surface area contributed by atoms with E-state index in [1.54, 1.807) is 24.4 Å². The summed E-state index contributed by atoms with van der Waals surface area (Å²) in [6.07, 6.45) is 1.69. The number of aromatic nitrogens is 2. The SMILES string of the molecule is CC(C)OCCN(C)S(=O)(=O)c1c(N)nc2ccccn12. The van der Waals surface area contributed by atoms with Crippen LogP contribution in [0.4, 0.5) is 5.82 Å². The van der Waals surface area contributed by atoms with Gasteiger partial charge >= 0.3 is 0 Å². The van der Waals surface area contributed by atoms with Crippen molar-refractivity contribution in [3.8, 4) is 0 Å². The standard InChI is InChI=1S/C13H20N4O3S/c1-10(2)20-9-8-16(3)21(18,19)13-12(14)15-11-6-4-5-7-17(11)13/h4-7,10H,8-9,14H2,1-3H3. The van der Waals surface area contributed by atoms with Crippen molar-refractivity contribution in [2.24, 2.45) is 0 Å². The zero-order valence-corrected chi connectivity index (χ0v) is 13.2. The van der Waals surface area contributed by atoms with Crippen LogP contribution in [-0.2, 0) is 14.8 Å². The second-order valence-corrected chi connectivity index (χ2v) is 6.94. The normalized spacial score (nSPS) is 12.6. The van der Waals surface area contributed by atoms with Crippen LogP contribution >= 0.6 is 0 Å². The zero-order valence-electron chi connectivity index (χ0n) is 12.4. The third kappa shape index (κ3) is 3.17. The van der Waals surface area contributed by atoms with Gasteiger partial charge in [0.1, 0.15) is 5.65 Å². The average molecular weight is 312 g/mol. The van der Waals surface area contributed by atoms with Crippen molar-refractivity contribution in [3.05, 3.63) is 24.4 Å². The molecule has 116 valence electrons. The van der Waals surface area contributed by atoms with Gasteiger partial charge in [-0.05, 0) is 26.0 Å². The van der Waals surface area contributed by atoms with Crippen molar-refractivity contribution in [2.45, 2.75) is 25.0 Å². The van der Waals surface area contributed by atoms with Crippen LogP contribution in [0.15, 0.2) is 29.4 Å². The first-order valence-electron chi connectivity index (χ1n) is 6.64. The largest absolute Gasteiger partial charge is 0.381 e. The summed E-state index contributed by atoms with van der Waals surface area (Å²) in [7, 11) is -2.22. The van der Waals surface area contributed by atoms with Crippen LogP contribution in [0.3, 0.4) is 0 Å². The molecule has 0 saturated carbocycles. The van der Waals surface area contributed by atoms with Crippen LogP contribution in [0.1, 0.15) is 13.8 Å². The first-order chi connectivity index (χ1) is 9.84. The van der Waals surface area contributed by atoms with E-state index < -0.39 is 10.0 Å². The third-order valence-corrected chi connectivity index (χ3v) is 4.92. The van der Waals surface area contributed by atoms with Crippen LogP contribution < -0.4 is 5.73 Å². The van der Waals surface area contributed by atoms with Crippen molar-refractivity contribution in [1.29, 1.82) is 0 Å². The van der Waals surface area contributed by atoms with Crippen molar-refractivity contribution in [3.63, 3.8) is 0 Å². The second kappa shape index (κ2) is 6.00. The van der Waals surface area contributed by atoms with Gasteiger partial charge in [0.25, 0.3) is 10.0 Å². The number of imidazole rings is 1. The van der Waals surface area contributed by atoms with Crippen LogP contribution in [0.5, 0.6) is 0 Å². The number of nitrogen functional groups attached to an aromatic ring is 1. The second-order valence-electron chi connectivity index (χ2n) is 4.98. The number of pyridine rings is 1. The number of hydrogen-bond donors (Lipinski definition) is 1. The maximum absolute atomic E-state index is 12.6. The number of ether oxygens (including phenoxy) is 1. The lowest BCUT2D eigenvalue weighted by Crippen LogP contribution is -2.32. The molecule has 0 atom stereocenters. The molecule has 2 aromatic heterocycles. The van der Waals surface area contributed by atoms with Gasteiger partial charge in [-0.1, -0.05) is 6.07 Å². The zero-order chi connectivity index (χ0) is 15.6. The molecule has 8 heteroatoms. The Morgan fingerprint density at radius 2 is 2.14 bits per heavy atom. The van der Waals surface area contributed by atoms with Crippen molar-refractivity contribution < 1.29 is 13.2 Å². The predicted octanol–water partition coefficient (Wildman–Crippen LogP) is 0.962. The molecule has 0 amide bonds. The minimum atomic E-state index is -3.72. The molecule has 0 spiro atoms. The van der Waals surface area contributed by atoms with Crippen molar-refractivity contribution in [2.75, 3.05) is 25.9 Å². The highest BCUT2D eigenvalue weighted by Crippen LogP contribution is 2.22. The molecule has 0 aliphatic heterocycles. The van der Waals surface area contributed by atoms with Gasteiger partial charge < -0.3 is 10.5 Å². The van der Waals surface area contributed by atoms with Crippen LogP contribution in [0, 0.1) is 0 Å². The Morgan fingerprint density at radius 3 is 2.81 bits per heavy atom. The Morgan fingerprint density at radius 1 is 1.43 bits per heavy atom. The Hall–Kier alpha value is -1.64. The molecule has 2 aromatic rings. The smallest absolute Gasteiger partial charge is 0.262 e. The van der Waals surface area contributed by atoms with Gasteiger partial charge in [0.05, 0.1) is 12.7 Å². The number of rotatable bonds is 6. The van der Waals surface area contributed by atoms with Gasteiger partial charge in [-0.2, -0.15) is 4.31 Å². The van der Waals surface area contributed by atoms with E-state index in [9.17, 15) is 8.42 Å². The first-order valence-corrected chi connectivity index (χ1v) is 8.08. The van der Waals surface area contributed by atoms with Gasteiger partial charge in [0, 0.05) is 19.8 Å². The lowest BCUT2D eigenvalue weighted by Gasteiger charge is -2.18. The van der Waals surface area contributed by atoms with E-state index in [2.05, 4.69) is 4.98 Å². The number of nitrogens with two attached hydrogens (primary N) is 1. The van der Waals surface area contributed by atoms with E-state index in [-0.39, 0.29) is 23.5 Å². The Kier molecular flexibility index (Phi) is 4.50. The molecule has 0 aliphatic carbocycles. The Bertz CT molecular complexity index is 724. The van der Waals surface area contributed by atoms with E-state index in [1.165, 1.54) is 15.8 Å². The van der Waals surface area contributed by atoms with E-state index in [1.807, 2.05) is 13.8 Å². The monoisotopic (exact) mass is 312 g/mol. The Balaban J connectivity index is 2.31. The topological polar surface area (TPSA) is 89.9 Å². The van der Waals surface area contributed by atoms with E-state index in [4.69, 9.17) is 10.5 Å². The van der Waals surface area contributed by atoms with Gasteiger partial charge in [-0.15, -0.1) is 0 Å². The summed E-state index contributed by atoms with van der Waals surface area (Å²) >= 11 is 0. The Labute approximate surface area is 124 Å². The molecule has 7 nitrogen and oxygen atoms in total. The quantitative estimate of drug-likeness (QED) is 0.858. The van der Waals surface area contributed by atoms with Crippen LogP contribution in [0.25, 0.3) is 5.65 Å². The maximum Gasteiger partial charge on any atom is 0.262 e. The van der Waals surface area contributed by atoms with E-state index in [0.29, 0.717) is 12.3 Å². The lowest BCUT2D eigenvalue weighted by atomic mass is 10.5. The fourth-order valence-corrected chi connectivity index (χ4v) is 3.26. The maximum atomic E-state index is 12.6. The molecule has 0 unspecified atom stereocenters. The fraction of sp³-hybridized carbons (Fsp3) is 0.462. The number of hydrogen-bond acceptors (Lipinski definition) is 5. The number of sulfonamides is 1. The average Bonchev–Trinajstić information content (AvgIpc) is 2.74. The lowest BCUT2D eigenvalue weighted by molar-refractivity contribution is 0.0737. The van der Waals surface area contributed by atoms with Crippen molar-refractivity contribution >= 4 is 21.5 Å². The molecule has 2 heterocycles. The summed E-state index contributed by atoms with van der Waals surface area (Å²) in [6.45, 7) is 4.37. The van der Waals surface area contributed by atoms with Crippen LogP contribution in [0.2, 0.25) is 0 Å². The van der Waals surface area contributed by atoms with Gasteiger partial charge in [-0.25, -0.2) is 13.4 Å². The molecule has 21 heavy (non-hydrogen) atoms. The first kappa shape index (κ1) is 15.7. The summed E-state index contributed by atoms with van der Waals surface area (Å²) in [4.78, 5) is 4.07. The van der Waals surface area contributed by atoms with Gasteiger partial charge in [0.2, 0.25) is 0 Å². The highest BCUT2D eigenvalue weighted by atomic mass is 32.2. The molecule has 2 rings (SSSR count). The fourth-order valence-electron chi connectivity index (χ4n) is 1.93. The third-order valence-electron chi connectivity index (χ3n) is 3.02. The highest BCUT2D eigenvalue weighted by Gasteiger charge is 2.28. The highest BCUT2D eigenvalue weighted by molar-refractivity contribution is 7.89. The van der Waals surface area contributed by atoms with E-state index >= 15 is 0 Å². The van der Waals surface area contributed by atoms with Crippen LogP contribution in [-0.4, -0.2) is 48.4 Å². The molecule has 0 radical (unpaired) electrons. The van der Waals surface area contributed by atoms with E-state index in [0.717, 1.165) is 0 Å². The minimum Gasteiger partial charge on any atom is -0.381 e. The molecule has 0 fully saturated rings. The molecular weight excluding hydrogens is 292 g/mol. The molecule has 0 saturated heterocycles. The summed E-state index contributed by atoms with van der Waals surface area (Å²) in [6, 6.07) is 5.21. The molecule has 2 N–H and O–H groups in total. The molecule has 0 aliphatic rings. The molecular formula is C13H20N4O3S. The van der Waals surface area contributed by atoms with Crippen molar-refractivity contribution in [1.82, 2.24) is 13.7 Å². The van der Waals surface area contributed by atoms with Gasteiger partial charge in [0.15, 0.2) is 10.8 Å².